The van der Waals surface area contributed by atoms with E-state index in [2.05, 4.69) is 16.8 Å². The van der Waals surface area contributed by atoms with Gasteiger partial charge in [0.1, 0.15) is 5.82 Å². The molecule has 0 aliphatic carbocycles. The van der Waals surface area contributed by atoms with Crippen molar-refractivity contribution >= 4 is 5.78 Å². The van der Waals surface area contributed by atoms with E-state index < -0.39 is 0 Å². The predicted molar refractivity (Wildman–Crippen MR) is 80.7 cm³/mol. The smallest absolute Gasteiger partial charge is 0.151 e. The number of nitrogens with zero attached hydrogens (tertiary/aromatic N) is 2. The van der Waals surface area contributed by atoms with Crippen LogP contribution in [0.3, 0.4) is 0 Å². The standard InChI is InChI=1S/C17H23FN2O/c1-19-14-6-7-15(19)11-20(9-8-14)12-16(21)10-13-4-2-3-5-17(13)18/h2-5,14-15H,6-12H2,1H3. The van der Waals surface area contributed by atoms with E-state index in [9.17, 15) is 9.18 Å². The lowest BCUT2D eigenvalue weighted by Gasteiger charge is -2.25. The quantitative estimate of drug-likeness (QED) is 0.848. The maximum absolute atomic E-state index is 13.6. The summed E-state index contributed by atoms with van der Waals surface area (Å²) in [7, 11) is 2.20. The summed E-state index contributed by atoms with van der Waals surface area (Å²) < 4.78 is 13.6. The monoisotopic (exact) mass is 290 g/mol. The second-order valence-corrected chi connectivity index (χ2v) is 6.38. The van der Waals surface area contributed by atoms with Crippen molar-refractivity contribution in [3.8, 4) is 0 Å². The van der Waals surface area contributed by atoms with Crippen molar-refractivity contribution < 1.29 is 9.18 Å². The molecule has 0 saturated carbocycles. The van der Waals surface area contributed by atoms with Crippen molar-refractivity contribution in [2.24, 2.45) is 0 Å². The number of fused-ring (bicyclic) bond motifs is 2. The Hall–Kier alpha value is -1.26. The van der Waals surface area contributed by atoms with Crippen molar-refractivity contribution in [3.05, 3.63) is 35.6 Å². The van der Waals surface area contributed by atoms with Gasteiger partial charge in [-0.2, -0.15) is 0 Å². The molecular weight excluding hydrogens is 267 g/mol. The number of Topliss-reactive ketones (excluding diaryl/α,β-unsaturated/α-hetero) is 1. The molecule has 2 heterocycles. The molecule has 2 saturated heterocycles. The second kappa shape index (κ2) is 6.24. The highest BCUT2D eigenvalue weighted by molar-refractivity contribution is 5.82. The van der Waals surface area contributed by atoms with Crippen LogP contribution in [0.1, 0.15) is 24.8 Å². The van der Waals surface area contributed by atoms with Crippen molar-refractivity contribution in [3.63, 3.8) is 0 Å². The van der Waals surface area contributed by atoms with Gasteiger partial charge in [0, 0.05) is 31.6 Å². The normalized spacial score (nSPS) is 26.8. The number of hydrogen-bond donors (Lipinski definition) is 0. The van der Waals surface area contributed by atoms with E-state index in [1.54, 1.807) is 18.2 Å². The molecule has 2 aliphatic rings. The number of likely N-dealkylation sites (tertiary alicyclic amines) is 1. The van der Waals surface area contributed by atoms with Crippen LogP contribution in [-0.2, 0) is 11.2 Å². The van der Waals surface area contributed by atoms with Crippen molar-refractivity contribution in [2.75, 3.05) is 26.7 Å². The number of rotatable bonds is 4. The number of ketones is 1. The Kier molecular flexibility index (Phi) is 4.36. The zero-order valence-electron chi connectivity index (χ0n) is 12.6. The van der Waals surface area contributed by atoms with Crippen LogP contribution in [0.15, 0.2) is 24.3 Å². The fourth-order valence-corrected chi connectivity index (χ4v) is 3.68. The Morgan fingerprint density at radius 1 is 1.24 bits per heavy atom. The maximum Gasteiger partial charge on any atom is 0.151 e. The van der Waals surface area contributed by atoms with Gasteiger partial charge in [0.25, 0.3) is 0 Å². The highest BCUT2D eigenvalue weighted by atomic mass is 19.1. The molecule has 1 aromatic carbocycles. The number of carbonyl (C=O) groups is 1. The van der Waals surface area contributed by atoms with Crippen LogP contribution in [0.4, 0.5) is 4.39 Å². The summed E-state index contributed by atoms with van der Waals surface area (Å²) >= 11 is 0. The van der Waals surface area contributed by atoms with Crippen molar-refractivity contribution in [1.29, 1.82) is 0 Å². The van der Waals surface area contributed by atoms with Gasteiger partial charge in [0.2, 0.25) is 0 Å². The van der Waals surface area contributed by atoms with E-state index in [-0.39, 0.29) is 18.0 Å². The lowest BCUT2D eigenvalue weighted by Crippen LogP contribution is -2.39. The maximum atomic E-state index is 13.6. The molecule has 0 amide bonds. The molecule has 0 radical (unpaired) electrons. The Morgan fingerprint density at radius 2 is 2.00 bits per heavy atom. The fourth-order valence-electron chi connectivity index (χ4n) is 3.68. The first-order valence-corrected chi connectivity index (χ1v) is 7.83. The predicted octanol–water partition coefficient (Wildman–Crippen LogP) is 2.11. The van der Waals surface area contributed by atoms with Gasteiger partial charge in [-0.3, -0.25) is 14.6 Å². The Labute approximate surface area is 125 Å². The van der Waals surface area contributed by atoms with E-state index in [0.717, 1.165) is 19.5 Å². The summed E-state index contributed by atoms with van der Waals surface area (Å²) in [5.74, 6) is -0.166. The molecule has 0 spiro atoms. The third-order valence-electron chi connectivity index (χ3n) is 4.98. The van der Waals surface area contributed by atoms with Crippen molar-refractivity contribution in [2.45, 2.75) is 37.8 Å². The number of halogens is 1. The molecule has 3 nitrogen and oxygen atoms in total. The van der Waals surface area contributed by atoms with Crippen molar-refractivity contribution in [1.82, 2.24) is 9.80 Å². The molecule has 114 valence electrons. The molecule has 1 aromatic rings. The lowest BCUT2D eigenvalue weighted by atomic mass is 10.1. The first-order chi connectivity index (χ1) is 10.1. The summed E-state index contributed by atoms with van der Waals surface area (Å²) in [5, 5.41) is 0. The van der Waals surface area contributed by atoms with E-state index in [1.165, 1.54) is 18.9 Å². The average Bonchev–Trinajstić information content (AvgIpc) is 2.70. The minimum absolute atomic E-state index is 0.112. The van der Waals surface area contributed by atoms with Gasteiger partial charge >= 0.3 is 0 Å². The molecule has 2 fully saturated rings. The molecule has 3 rings (SSSR count). The Bertz CT molecular complexity index is 519. The van der Waals surface area contributed by atoms with Crippen LogP contribution in [-0.4, -0.2) is 54.3 Å². The topological polar surface area (TPSA) is 23.6 Å². The van der Waals surface area contributed by atoms with Gasteiger partial charge in [0.15, 0.2) is 5.78 Å². The summed E-state index contributed by atoms with van der Waals surface area (Å²) in [6.07, 6.45) is 3.87. The second-order valence-electron chi connectivity index (χ2n) is 6.38. The molecular formula is C17H23FN2O. The van der Waals surface area contributed by atoms with Gasteiger partial charge in [0.05, 0.1) is 6.54 Å². The van der Waals surface area contributed by atoms with E-state index in [1.807, 2.05) is 0 Å². The molecule has 2 aliphatic heterocycles. The van der Waals surface area contributed by atoms with Crippen LogP contribution in [0, 0.1) is 5.82 Å². The third kappa shape index (κ3) is 3.33. The van der Waals surface area contributed by atoms with Gasteiger partial charge in [-0.1, -0.05) is 18.2 Å². The summed E-state index contributed by atoms with van der Waals surface area (Å²) in [6, 6.07) is 7.82. The van der Waals surface area contributed by atoms with Gasteiger partial charge in [-0.25, -0.2) is 4.39 Å². The molecule has 0 N–H and O–H groups in total. The molecule has 2 atom stereocenters. The summed E-state index contributed by atoms with van der Waals surface area (Å²) in [4.78, 5) is 16.9. The van der Waals surface area contributed by atoms with Gasteiger partial charge in [-0.05, 0) is 37.9 Å². The number of likely N-dealkylation sites (N-methyl/N-ethyl adjacent to an activating group) is 1. The van der Waals surface area contributed by atoms with E-state index in [0.29, 0.717) is 24.2 Å². The SMILES string of the molecule is CN1C2CCC1CN(CC(=O)Cc1ccccc1F)CC2. The highest BCUT2D eigenvalue weighted by Gasteiger charge is 2.34. The summed E-state index contributed by atoms with van der Waals surface area (Å²) in [6.45, 7) is 2.40. The lowest BCUT2D eigenvalue weighted by molar-refractivity contribution is -0.119. The Balaban J connectivity index is 1.57. The number of carbonyl (C=O) groups excluding carboxylic acids is 1. The van der Waals surface area contributed by atoms with Crippen LogP contribution >= 0.6 is 0 Å². The largest absolute Gasteiger partial charge is 0.299 e. The minimum atomic E-state index is -0.277. The van der Waals surface area contributed by atoms with Crippen LogP contribution in [0.25, 0.3) is 0 Å². The minimum Gasteiger partial charge on any atom is -0.299 e. The molecule has 4 heteroatoms. The molecule has 2 bridgehead atoms. The first-order valence-electron chi connectivity index (χ1n) is 7.83. The van der Waals surface area contributed by atoms with Gasteiger partial charge < -0.3 is 0 Å². The first kappa shape index (κ1) is 14.7. The third-order valence-corrected chi connectivity index (χ3v) is 4.98. The zero-order chi connectivity index (χ0) is 14.8. The zero-order valence-corrected chi connectivity index (χ0v) is 12.6. The van der Waals surface area contributed by atoms with Crippen LogP contribution in [0.2, 0.25) is 0 Å². The van der Waals surface area contributed by atoms with E-state index in [4.69, 9.17) is 0 Å². The van der Waals surface area contributed by atoms with Crippen LogP contribution in [0.5, 0.6) is 0 Å². The molecule has 2 unspecified atom stereocenters. The van der Waals surface area contributed by atoms with Crippen LogP contribution < -0.4 is 0 Å². The number of benzene rings is 1. The van der Waals surface area contributed by atoms with E-state index >= 15 is 0 Å². The summed E-state index contributed by atoms with van der Waals surface area (Å²) in [5.41, 5.74) is 0.510. The molecule has 21 heavy (non-hydrogen) atoms. The average molecular weight is 290 g/mol. The van der Waals surface area contributed by atoms with Gasteiger partial charge in [-0.15, -0.1) is 0 Å². The Morgan fingerprint density at radius 3 is 2.81 bits per heavy atom. The highest BCUT2D eigenvalue weighted by Crippen LogP contribution is 2.28. The molecule has 0 aromatic heterocycles. The number of hydrogen-bond acceptors (Lipinski definition) is 3. The fraction of sp³-hybridized carbons (Fsp3) is 0.588.